The fourth-order valence-corrected chi connectivity index (χ4v) is 4.46. The van der Waals surface area contributed by atoms with Gasteiger partial charge in [-0.3, -0.25) is 4.79 Å². The number of fused-ring (bicyclic) bond motifs is 1. The summed E-state index contributed by atoms with van der Waals surface area (Å²) in [5.41, 5.74) is 3.50. The molecule has 36 heavy (non-hydrogen) atoms. The normalized spacial score (nSPS) is 14.5. The van der Waals surface area contributed by atoms with E-state index in [1.807, 2.05) is 47.4 Å². The van der Waals surface area contributed by atoms with E-state index in [1.54, 1.807) is 45.4 Å². The minimum absolute atomic E-state index is 0.0351. The highest BCUT2D eigenvalue weighted by atomic mass is 16.5. The topological polar surface area (TPSA) is 74.3 Å². The van der Waals surface area contributed by atoms with Crippen molar-refractivity contribution in [3.8, 4) is 17.2 Å². The second kappa shape index (κ2) is 11.6. The van der Waals surface area contributed by atoms with Crippen molar-refractivity contribution in [1.29, 1.82) is 0 Å². The molecule has 1 aliphatic rings. The molecule has 0 fully saturated rings. The Kier molecular flexibility index (Phi) is 8.10. The molecular weight excluding hydrogens is 458 g/mol. The second-order valence-corrected chi connectivity index (χ2v) is 8.48. The molecule has 7 heteroatoms. The first-order chi connectivity index (χ1) is 17.5. The van der Waals surface area contributed by atoms with E-state index in [9.17, 15) is 9.59 Å². The van der Waals surface area contributed by atoms with E-state index in [2.05, 4.69) is 0 Å². The van der Waals surface area contributed by atoms with Crippen LogP contribution in [0.3, 0.4) is 0 Å². The molecule has 0 spiro atoms. The van der Waals surface area contributed by atoms with Gasteiger partial charge in [-0.25, -0.2) is 4.79 Å². The van der Waals surface area contributed by atoms with Gasteiger partial charge in [0.05, 0.1) is 38.9 Å². The maximum absolute atomic E-state index is 13.4. The highest BCUT2D eigenvalue weighted by Gasteiger charge is 2.32. The van der Waals surface area contributed by atoms with E-state index < -0.39 is 0 Å². The van der Waals surface area contributed by atoms with Gasteiger partial charge in [-0.1, -0.05) is 30.3 Å². The lowest BCUT2D eigenvalue weighted by atomic mass is 9.91. The van der Waals surface area contributed by atoms with Gasteiger partial charge >= 0.3 is 5.97 Å². The summed E-state index contributed by atoms with van der Waals surface area (Å²) < 4.78 is 22.2. The number of esters is 1. The summed E-state index contributed by atoms with van der Waals surface area (Å²) in [6.45, 7) is 2.91. The predicted octanol–water partition coefficient (Wildman–Crippen LogP) is 4.63. The van der Waals surface area contributed by atoms with Crippen LogP contribution in [0.2, 0.25) is 0 Å². The molecule has 0 saturated carbocycles. The molecule has 0 N–H and O–H groups in total. The summed E-state index contributed by atoms with van der Waals surface area (Å²) in [7, 11) is 3.21. The molecule has 0 saturated heterocycles. The van der Waals surface area contributed by atoms with Gasteiger partial charge in [0.25, 0.3) is 0 Å². The van der Waals surface area contributed by atoms with Gasteiger partial charge in [0.1, 0.15) is 12.4 Å². The zero-order chi connectivity index (χ0) is 25.5. The van der Waals surface area contributed by atoms with Gasteiger partial charge in [-0.15, -0.1) is 0 Å². The van der Waals surface area contributed by atoms with Gasteiger partial charge < -0.3 is 23.8 Å². The van der Waals surface area contributed by atoms with Crippen LogP contribution < -0.4 is 14.2 Å². The van der Waals surface area contributed by atoms with E-state index >= 15 is 0 Å². The van der Waals surface area contributed by atoms with Crippen molar-refractivity contribution in [3.05, 3.63) is 89.0 Å². The molecule has 3 aromatic carbocycles. The zero-order valence-electron chi connectivity index (χ0n) is 20.9. The molecule has 0 aliphatic carbocycles. The standard InChI is InChI=1S/C29H31NO6/c1-4-35-29(32)21-10-12-23(13-11-21)36-19-25-24-18-27(34-3)26(33-2)17-22(24)14-15-30(25)28(31)16-20-8-6-5-7-9-20/h5-13,17-18,25H,4,14-16,19H2,1-3H3/t25-/m0/s1. The molecule has 0 radical (unpaired) electrons. The van der Waals surface area contributed by atoms with Gasteiger partial charge in [-0.05, 0) is 66.4 Å². The largest absolute Gasteiger partial charge is 0.493 e. The van der Waals surface area contributed by atoms with Crippen molar-refractivity contribution in [2.45, 2.75) is 25.8 Å². The average molecular weight is 490 g/mol. The average Bonchev–Trinajstić information content (AvgIpc) is 2.91. The summed E-state index contributed by atoms with van der Waals surface area (Å²) in [5, 5.41) is 0. The van der Waals surface area contributed by atoms with Crippen LogP contribution >= 0.6 is 0 Å². The number of carbonyl (C=O) groups excluding carboxylic acids is 2. The molecule has 4 rings (SSSR count). The lowest BCUT2D eigenvalue weighted by molar-refractivity contribution is -0.134. The van der Waals surface area contributed by atoms with Crippen LogP contribution in [0, 0.1) is 0 Å². The van der Waals surface area contributed by atoms with Crippen molar-refractivity contribution in [2.24, 2.45) is 0 Å². The Bertz CT molecular complexity index is 1190. The number of benzene rings is 3. The molecule has 1 atom stereocenters. The molecule has 1 aliphatic heterocycles. The first-order valence-corrected chi connectivity index (χ1v) is 12.0. The summed E-state index contributed by atoms with van der Waals surface area (Å²) in [6.07, 6.45) is 1.02. The highest BCUT2D eigenvalue weighted by Crippen LogP contribution is 2.38. The summed E-state index contributed by atoms with van der Waals surface area (Å²) in [6, 6.07) is 20.2. The van der Waals surface area contributed by atoms with Crippen molar-refractivity contribution >= 4 is 11.9 Å². The minimum atomic E-state index is -0.371. The van der Waals surface area contributed by atoms with E-state index in [1.165, 1.54) is 0 Å². The van der Waals surface area contributed by atoms with Gasteiger partial charge in [0.2, 0.25) is 5.91 Å². The SMILES string of the molecule is CCOC(=O)c1ccc(OC[C@H]2c3cc(OC)c(OC)cc3CCN2C(=O)Cc2ccccc2)cc1. The smallest absolute Gasteiger partial charge is 0.338 e. The third kappa shape index (κ3) is 5.62. The van der Waals surface area contributed by atoms with Crippen LogP contribution in [0.1, 0.15) is 40.0 Å². The third-order valence-corrected chi connectivity index (χ3v) is 6.29. The molecule has 0 bridgehead atoms. The Hall–Kier alpha value is -4.00. The van der Waals surface area contributed by atoms with E-state index in [4.69, 9.17) is 18.9 Å². The maximum atomic E-state index is 13.4. The number of ether oxygens (including phenoxy) is 4. The van der Waals surface area contributed by atoms with E-state index in [-0.39, 0.29) is 24.5 Å². The van der Waals surface area contributed by atoms with Crippen LogP contribution in [0.5, 0.6) is 17.2 Å². The summed E-state index contributed by atoms with van der Waals surface area (Å²) in [5.74, 6) is 1.54. The quantitative estimate of drug-likeness (QED) is 0.408. The third-order valence-electron chi connectivity index (χ3n) is 6.29. The van der Waals surface area contributed by atoms with Crippen molar-refractivity contribution in [2.75, 3.05) is 34.0 Å². The second-order valence-electron chi connectivity index (χ2n) is 8.48. The highest BCUT2D eigenvalue weighted by molar-refractivity contribution is 5.89. The molecule has 1 heterocycles. The van der Waals surface area contributed by atoms with Crippen LogP contribution in [0.15, 0.2) is 66.7 Å². The first-order valence-electron chi connectivity index (χ1n) is 12.0. The molecule has 7 nitrogen and oxygen atoms in total. The summed E-state index contributed by atoms with van der Waals surface area (Å²) >= 11 is 0. The fourth-order valence-electron chi connectivity index (χ4n) is 4.46. The monoisotopic (exact) mass is 489 g/mol. The molecule has 0 unspecified atom stereocenters. The number of rotatable bonds is 9. The maximum Gasteiger partial charge on any atom is 0.338 e. The molecule has 188 valence electrons. The molecular formula is C29H31NO6. The van der Waals surface area contributed by atoms with Gasteiger partial charge in [0.15, 0.2) is 11.5 Å². The Balaban J connectivity index is 1.59. The number of nitrogens with zero attached hydrogens (tertiary/aromatic N) is 1. The predicted molar refractivity (Wildman–Crippen MR) is 136 cm³/mol. The number of hydrogen-bond donors (Lipinski definition) is 0. The number of carbonyl (C=O) groups is 2. The summed E-state index contributed by atoms with van der Waals surface area (Å²) in [4.78, 5) is 27.3. The molecule has 3 aromatic rings. The Labute approximate surface area is 211 Å². The van der Waals surface area contributed by atoms with Crippen LogP contribution in [-0.2, 0) is 22.4 Å². The molecule has 1 amide bonds. The number of methoxy groups -OCH3 is 2. The van der Waals surface area contributed by atoms with Gasteiger partial charge in [-0.2, -0.15) is 0 Å². The van der Waals surface area contributed by atoms with Gasteiger partial charge in [0, 0.05) is 6.54 Å². The Morgan fingerprint density at radius 1 is 0.944 bits per heavy atom. The van der Waals surface area contributed by atoms with Crippen molar-refractivity contribution in [3.63, 3.8) is 0 Å². The van der Waals surface area contributed by atoms with E-state index in [0.29, 0.717) is 48.8 Å². The number of hydrogen-bond acceptors (Lipinski definition) is 6. The van der Waals surface area contributed by atoms with Crippen LogP contribution in [0.25, 0.3) is 0 Å². The van der Waals surface area contributed by atoms with Crippen molar-refractivity contribution < 1.29 is 28.5 Å². The van der Waals surface area contributed by atoms with E-state index in [0.717, 1.165) is 16.7 Å². The van der Waals surface area contributed by atoms with Crippen molar-refractivity contribution in [1.82, 2.24) is 4.90 Å². The first kappa shape index (κ1) is 25.1. The fraction of sp³-hybridized carbons (Fsp3) is 0.310. The Morgan fingerprint density at radius 3 is 2.31 bits per heavy atom. The lowest BCUT2D eigenvalue weighted by Gasteiger charge is -2.37. The Morgan fingerprint density at radius 2 is 1.64 bits per heavy atom. The van der Waals surface area contributed by atoms with Crippen LogP contribution in [0.4, 0.5) is 0 Å². The van der Waals surface area contributed by atoms with Crippen LogP contribution in [-0.4, -0.2) is 50.8 Å². The zero-order valence-corrected chi connectivity index (χ0v) is 20.9. The lowest BCUT2D eigenvalue weighted by Crippen LogP contribution is -2.43. The number of amides is 1. The minimum Gasteiger partial charge on any atom is -0.493 e. The molecule has 0 aromatic heterocycles.